The highest BCUT2D eigenvalue weighted by Gasteiger charge is 2.32. The molecule has 0 aliphatic heterocycles. The Labute approximate surface area is 192 Å². The minimum Gasteiger partial charge on any atom is -0.464 e. The Kier molecular flexibility index (Phi) is 7.85. The first kappa shape index (κ1) is 25.1. The van der Waals surface area contributed by atoms with Crippen molar-refractivity contribution in [3.8, 4) is 5.75 Å². The van der Waals surface area contributed by atoms with Gasteiger partial charge in [0.15, 0.2) is 0 Å². The number of ether oxygens (including phenoxy) is 1. The Morgan fingerprint density at radius 3 is 2.56 bits per heavy atom. The number of furan rings is 1. The number of hydrogen-bond donors (Lipinski definition) is 4. The molecule has 0 bridgehead atoms. The first-order valence-corrected chi connectivity index (χ1v) is 10.3. The van der Waals surface area contributed by atoms with Crippen LogP contribution in [-0.2, 0) is 22.6 Å². The molecule has 0 saturated heterocycles. The molecule has 180 valence electrons. The van der Waals surface area contributed by atoms with Gasteiger partial charge in [-0.25, -0.2) is 0 Å². The summed E-state index contributed by atoms with van der Waals surface area (Å²) in [7, 11) is -1.90. The van der Waals surface area contributed by atoms with Gasteiger partial charge in [0.2, 0.25) is 11.8 Å². The van der Waals surface area contributed by atoms with Gasteiger partial charge in [-0.3, -0.25) is 9.59 Å². The summed E-state index contributed by atoms with van der Waals surface area (Å²) in [6.07, 6.45) is -3.34. The number of carbonyl (C=O) groups excluding carboxylic acids is 2. The first-order valence-electron chi connectivity index (χ1n) is 10.3. The SMILES string of the molecule is CC(C(=O)NCc1cccc(OC(F)(F)F)c1)C(=O)N[C@@H](Cc1coc2ccccc12)B(O)O. The average Bonchev–Trinajstić information content (AvgIpc) is 3.18. The molecule has 1 aromatic heterocycles. The van der Waals surface area contributed by atoms with Gasteiger partial charge in [-0.15, -0.1) is 13.2 Å². The number of benzene rings is 2. The molecule has 0 aliphatic carbocycles. The number of fused-ring (bicyclic) bond motifs is 1. The third-order valence-electron chi connectivity index (χ3n) is 5.07. The highest BCUT2D eigenvalue weighted by molar-refractivity contribution is 6.43. The number of alkyl halides is 3. The van der Waals surface area contributed by atoms with E-state index in [1.54, 1.807) is 24.3 Å². The summed E-state index contributed by atoms with van der Waals surface area (Å²) in [5, 5.41) is 25.1. The molecule has 1 heterocycles. The number of hydrogen-bond acceptors (Lipinski definition) is 6. The Morgan fingerprint density at radius 2 is 1.85 bits per heavy atom. The molecular weight excluding hydrogens is 456 g/mol. The molecule has 3 aromatic rings. The molecule has 12 heteroatoms. The van der Waals surface area contributed by atoms with Crippen molar-refractivity contribution in [3.05, 3.63) is 65.9 Å². The van der Waals surface area contributed by atoms with Gasteiger partial charge >= 0.3 is 13.5 Å². The van der Waals surface area contributed by atoms with E-state index < -0.39 is 42.9 Å². The summed E-state index contributed by atoms with van der Waals surface area (Å²) < 4.78 is 46.3. The fourth-order valence-corrected chi connectivity index (χ4v) is 3.28. The van der Waals surface area contributed by atoms with Crippen LogP contribution in [0.3, 0.4) is 0 Å². The summed E-state index contributed by atoms with van der Waals surface area (Å²) in [5.74, 6) is -4.20. The van der Waals surface area contributed by atoms with E-state index in [4.69, 9.17) is 4.42 Å². The lowest BCUT2D eigenvalue weighted by Gasteiger charge is -2.20. The topological polar surface area (TPSA) is 121 Å². The van der Waals surface area contributed by atoms with E-state index in [0.29, 0.717) is 16.7 Å². The van der Waals surface area contributed by atoms with Crippen LogP contribution in [-0.4, -0.2) is 41.3 Å². The zero-order valence-corrected chi connectivity index (χ0v) is 18.0. The molecule has 0 fully saturated rings. The van der Waals surface area contributed by atoms with E-state index in [1.165, 1.54) is 25.3 Å². The zero-order valence-electron chi connectivity index (χ0n) is 18.0. The number of para-hydroxylation sites is 1. The molecule has 0 spiro atoms. The van der Waals surface area contributed by atoms with Crippen molar-refractivity contribution < 1.29 is 42.0 Å². The molecule has 0 radical (unpaired) electrons. The number of nitrogens with one attached hydrogen (secondary N) is 2. The van der Waals surface area contributed by atoms with Crippen LogP contribution < -0.4 is 15.4 Å². The van der Waals surface area contributed by atoms with Crippen LogP contribution >= 0.6 is 0 Å². The van der Waals surface area contributed by atoms with Crippen molar-refractivity contribution in [1.29, 1.82) is 0 Å². The van der Waals surface area contributed by atoms with E-state index >= 15 is 0 Å². The number of rotatable bonds is 9. The maximum absolute atomic E-state index is 12.6. The fraction of sp³-hybridized carbons (Fsp3) is 0.273. The normalized spacial score (nSPS) is 13.2. The lowest BCUT2D eigenvalue weighted by Crippen LogP contribution is -2.51. The van der Waals surface area contributed by atoms with Crippen LogP contribution in [0.5, 0.6) is 5.75 Å². The minimum absolute atomic E-state index is 0.0424. The van der Waals surface area contributed by atoms with E-state index in [-0.39, 0.29) is 13.0 Å². The molecule has 8 nitrogen and oxygen atoms in total. The lowest BCUT2D eigenvalue weighted by atomic mass is 9.75. The minimum atomic E-state index is -4.84. The van der Waals surface area contributed by atoms with Crippen molar-refractivity contribution in [2.75, 3.05) is 0 Å². The summed E-state index contributed by atoms with van der Waals surface area (Å²) in [6, 6.07) is 12.2. The zero-order chi connectivity index (χ0) is 24.9. The quantitative estimate of drug-likeness (QED) is 0.277. The van der Waals surface area contributed by atoms with Gasteiger partial charge in [-0.2, -0.15) is 0 Å². The molecule has 2 aromatic carbocycles. The van der Waals surface area contributed by atoms with Crippen LogP contribution in [0.25, 0.3) is 11.0 Å². The van der Waals surface area contributed by atoms with Crippen molar-refractivity contribution >= 4 is 29.9 Å². The Hall–Kier alpha value is -3.51. The molecular formula is C22H22BF3N2O6. The number of halogens is 3. The Balaban J connectivity index is 1.58. The van der Waals surface area contributed by atoms with Gasteiger partial charge in [0.05, 0.1) is 12.2 Å². The average molecular weight is 478 g/mol. The van der Waals surface area contributed by atoms with Crippen molar-refractivity contribution in [3.63, 3.8) is 0 Å². The lowest BCUT2D eigenvalue weighted by molar-refractivity contribution is -0.274. The molecule has 0 saturated carbocycles. The highest BCUT2D eigenvalue weighted by Crippen LogP contribution is 2.24. The summed E-state index contributed by atoms with van der Waals surface area (Å²) in [6.45, 7) is 1.18. The Morgan fingerprint density at radius 1 is 1.12 bits per heavy atom. The van der Waals surface area contributed by atoms with Crippen LogP contribution in [0.2, 0.25) is 0 Å². The summed E-state index contributed by atoms with van der Waals surface area (Å²) >= 11 is 0. The van der Waals surface area contributed by atoms with Gasteiger partial charge in [0.25, 0.3) is 0 Å². The van der Waals surface area contributed by atoms with Crippen LogP contribution in [0.1, 0.15) is 18.1 Å². The second-order valence-electron chi connectivity index (χ2n) is 7.62. The fourth-order valence-electron chi connectivity index (χ4n) is 3.28. The molecule has 2 atom stereocenters. The first-order chi connectivity index (χ1) is 16.0. The molecule has 2 amide bonds. The van der Waals surface area contributed by atoms with Gasteiger partial charge in [0.1, 0.15) is 17.3 Å². The van der Waals surface area contributed by atoms with Gasteiger partial charge in [0, 0.05) is 11.9 Å². The van der Waals surface area contributed by atoms with Crippen molar-refractivity contribution in [2.24, 2.45) is 5.92 Å². The summed E-state index contributed by atoms with van der Waals surface area (Å²) in [5.41, 5.74) is 1.58. The van der Waals surface area contributed by atoms with Crippen LogP contribution in [0.4, 0.5) is 13.2 Å². The number of carbonyl (C=O) groups is 2. The number of amides is 2. The van der Waals surface area contributed by atoms with Gasteiger partial charge in [-0.1, -0.05) is 30.3 Å². The van der Waals surface area contributed by atoms with Crippen molar-refractivity contribution in [2.45, 2.75) is 32.2 Å². The third kappa shape index (κ3) is 6.75. The standard InChI is InChI=1S/C22H22BF3N2O6/c1-13(20(29)27-11-14-5-4-6-16(9-14)34-22(24,25)26)21(30)28-19(23(31)32)10-15-12-33-18-8-3-2-7-17(15)18/h2-9,12-13,19,31-32H,10-11H2,1H3,(H,27,29)(H,28,30)/t13?,19-/m0/s1. The predicted octanol–water partition coefficient (Wildman–Crippen LogP) is 2.32. The van der Waals surface area contributed by atoms with E-state index in [1.807, 2.05) is 0 Å². The smallest absolute Gasteiger partial charge is 0.464 e. The summed E-state index contributed by atoms with van der Waals surface area (Å²) in [4.78, 5) is 24.9. The molecule has 4 N–H and O–H groups in total. The molecule has 3 rings (SSSR count). The monoisotopic (exact) mass is 478 g/mol. The molecule has 34 heavy (non-hydrogen) atoms. The largest absolute Gasteiger partial charge is 0.573 e. The van der Waals surface area contributed by atoms with Gasteiger partial charge < -0.3 is 29.8 Å². The predicted molar refractivity (Wildman–Crippen MR) is 116 cm³/mol. The second kappa shape index (κ2) is 10.6. The van der Waals surface area contributed by atoms with E-state index in [9.17, 15) is 32.8 Å². The maximum Gasteiger partial charge on any atom is 0.573 e. The van der Waals surface area contributed by atoms with Crippen LogP contribution in [0, 0.1) is 5.92 Å². The van der Waals surface area contributed by atoms with Crippen molar-refractivity contribution in [1.82, 2.24) is 10.6 Å². The molecule has 1 unspecified atom stereocenters. The molecule has 0 aliphatic rings. The second-order valence-corrected chi connectivity index (χ2v) is 7.62. The third-order valence-corrected chi connectivity index (χ3v) is 5.07. The van der Waals surface area contributed by atoms with E-state index in [2.05, 4.69) is 15.4 Å². The maximum atomic E-state index is 12.6. The van der Waals surface area contributed by atoms with E-state index in [0.717, 1.165) is 17.5 Å². The Bertz CT molecular complexity index is 1150. The van der Waals surface area contributed by atoms with Gasteiger partial charge in [-0.05, 0) is 42.7 Å². The van der Waals surface area contributed by atoms with Crippen LogP contribution in [0.15, 0.2) is 59.2 Å². The highest BCUT2D eigenvalue weighted by atomic mass is 19.4.